The molecular weight excluding hydrogens is 847 g/mol. The van der Waals surface area contributed by atoms with Crippen LogP contribution in [0.2, 0.25) is 0 Å². The first-order valence-corrected chi connectivity index (χ1v) is 21.1. The number of aromatic hydroxyl groups is 1. The van der Waals surface area contributed by atoms with Gasteiger partial charge >= 0.3 is 12.0 Å². The third-order valence-corrected chi connectivity index (χ3v) is 10.3. The van der Waals surface area contributed by atoms with Gasteiger partial charge in [0.15, 0.2) is 5.78 Å². The van der Waals surface area contributed by atoms with E-state index in [1.165, 1.54) is 16.8 Å². The van der Waals surface area contributed by atoms with Crippen molar-refractivity contribution in [2.45, 2.75) is 25.4 Å². The molecule has 65 heavy (non-hydrogen) atoms. The Labute approximate surface area is 374 Å². The number of phenolic OH excluding ortho intramolecular Hbond substituents is 1. The maximum absolute atomic E-state index is 14.1. The fourth-order valence-corrected chi connectivity index (χ4v) is 7.00. The summed E-state index contributed by atoms with van der Waals surface area (Å²) < 4.78 is 23.3. The van der Waals surface area contributed by atoms with Crippen molar-refractivity contribution in [3.8, 4) is 28.3 Å². The number of fused-ring (bicyclic) bond motifs is 3. The number of carboxylic acid groups (broad SMARTS) is 1. The molecule has 21 nitrogen and oxygen atoms in total. The van der Waals surface area contributed by atoms with Crippen molar-refractivity contribution in [2.75, 3.05) is 96.7 Å². The summed E-state index contributed by atoms with van der Waals surface area (Å²) in [6.45, 7) is 3.72. The van der Waals surface area contributed by atoms with E-state index < -0.39 is 23.9 Å². The van der Waals surface area contributed by atoms with E-state index in [9.17, 15) is 39.0 Å². The van der Waals surface area contributed by atoms with Gasteiger partial charge in [-0.05, 0) is 61.0 Å². The number of aromatic nitrogens is 2. The highest BCUT2D eigenvalue weighted by molar-refractivity contribution is 6.27. The molecule has 0 saturated carbocycles. The van der Waals surface area contributed by atoms with Gasteiger partial charge in [0, 0.05) is 62.0 Å². The predicted octanol–water partition coefficient (Wildman–Crippen LogP) is 1.82. The molecule has 4 aromatic rings. The van der Waals surface area contributed by atoms with Crippen LogP contribution in [0.15, 0.2) is 66.7 Å². The first-order valence-electron chi connectivity index (χ1n) is 21.1. The van der Waals surface area contributed by atoms with Gasteiger partial charge in [0.25, 0.3) is 5.91 Å². The molecule has 5 amide bonds. The van der Waals surface area contributed by atoms with Gasteiger partial charge in [-0.1, -0.05) is 12.1 Å². The Morgan fingerprint density at radius 3 is 2.11 bits per heavy atom. The smallest absolute Gasteiger partial charge is 0.333 e. The van der Waals surface area contributed by atoms with Crippen LogP contribution >= 0.6 is 0 Å². The quantitative estimate of drug-likeness (QED) is 0.0411. The average Bonchev–Trinajstić information content (AvgIpc) is 3.80. The topological polar surface area (TPSA) is 273 Å². The zero-order valence-corrected chi connectivity index (χ0v) is 35.9. The lowest BCUT2D eigenvalue weighted by Gasteiger charge is -2.27. The Hall–Kier alpha value is -6.91. The van der Waals surface area contributed by atoms with E-state index in [1.54, 1.807) is 66.7 Å². The van der Waals surface area contributed by atoms with Gasteiger partial charge < -0.3 is 55.7 Å². The first-order chi connectivity index (χ1) is 31.5. The summed E-state index contributed by atoms with van der Waals surface area (Å²) in [6.07, 6.45) is -0.186. The maximum atomic E-state index is 14.1. The van der Waals surface area contributed by atoms with Gasteiger partial charge in [-0.25, -0.2) is 14.6 Å². The van der Waals surface area contributed by atoms with E-state index in [2.05, 4.69) is 32.0 Å². The Bertz CT molecular complexity index is 2300. The third kappa shape index (κ3) is 13.3. The molecule has 1 fully saturated rings. The highest BCUT2D eigenvalue weighted by atomic mass is 16.5. The van der Waals surface area contributed by atoms with E-state index >= 15 is 0 Å². The van der Waals surface area contributed by atoms with Crippen LogP contribution in [0.1, 0.15) is 39.1 Å². The zero-order valence-electron chi connectivity index (χ0n) is 35.9. The standard InChI is InChI=1S/C44H53N9O12/c1-45-30-9-5-29(6-10-30)42(58)48-34(43(59)60)13-14-35(55)46-15-19-62-23-25-65-26-24-63-20-16-47-36(56)27-53-40(28-7-11-31(54)12-8-28)38-39(50-53)32-3-2-4-33(37(32)41(38)57)49-44(61)51-52-17-21-64-22-18-52/h2-12,34,45,54H,13-27H2,1H3,(H,46,55)(H,47,56)(H,48,58)(H,59,60)(H2,49,51,61)/t34-/m0/s1. The normalized spacial score (nSPS) is 13.6. The van der Waals surface area contributed by atoms with E-state index in [0.29, 0.717) is 60.1 Å². The van der Waals surface area contributed by atoms with Crippen LogP contribution in [0, 0.1) is 0 Å². The van der Waals surface area contributed by atoms with Crippen molar-refractivity contribution in [3.63, 3.8) is 0 Å². The lowest BCUT2D eigenvalue weighted by Crippen LogP contribution is -2.49. The number of nitrogens with one attached hydrogen (secondary N) is 6. The molecule has 1 aromatic heterocycles. The highest BCUT2D eigenvalue weighted by Crippen LogP contribution is 2.44. The van der Waals surface area contributed by atoms with Crippen LogP contribution in [-0.4, -0.2) is 153 Å². The van der Waals surface area contributed by atoms with Crippen molar-refractivity contribution < 1.29 is 57.9 Å². The largest absolute Gasteiger partial charge is 0.508 e. The number of rotatable bonds is 24. The van der Waals surface area contributed by atoms with Gasteiger partial charge in [0.2, 0.25) is 11.8 Å². The number of nitrogens with zero attached hydrogens (tertiary/aromatic N) is 3. The molecular formula is C44H53N9O12. The number of carbonyl (C=O) groups excluding carboxylic acids is 5. The predicted molar refractivity (Wildman–Crippen MR) is 235 cm³/mol. The summed E-state index contributed by atoms with van der Waals surface area (Å²) in [5.41, 5.74) is 6.59. The molecule has 3 aromatic carbocycles. The van der Waals surface area contributed by atoms with Crippen molar-refractivity contribution in [1.29, 1.82) is 0 Å². The number of phenols is 1. The Morgan fingerprint density at radius 2 is 1.46 bits per heavy atom. The molecule has 2 heterocycles. The van der Waals surface area contributed by atoms with Gasteiger partial charge in [-0.2, -0.15) is 5.10 Å². The van der Waals surface area contributed by atoms with E-state index in [-0.39, 0.29) is 107 Å². The Kier molecular flexibility index (Phi) is 17.3. The average molecular weight is 900 g/mol. The summed E-state index contributed by atoms with van der Waals surface area (Å²) in [5, 5.41) is 39.6. The second-order valence-corrected chi connectivity index (χ2v) is 14.8. The van der Waals surface area contributed by atoms with Crippen molar-refractivity contribution in [3.05, 3.63) is 83.4 Å². The van der Waals surface area contributed by atoms with Crippen LogP contribution in [0.5, 0.6) is 5.75 Å². The lowest BCUT2D eigenvalue weighted by molar-refractivity contribution is -0.139. The lowest BCUT2D eigenvalue weighted by atomic mass is 10.0. The zero-order chi connectivity index (χ0) is 46.1. The van der Waals surface area contributed by atoms with Gasteiger partial charge in [0.1, 0.15) is 24.0 Å². The molecule has 6 rings (SSSR count). The molecule has 21 heteroatoms. The van der Waals surface area contributed by atoms with E-state index in [0.717, 1.165) is 5.69 Å². The molecule has 0 bridgehead atoms. The summed E-state index contributed by atoms with van der Waals surface area (Å²) >= 11 is 0. The van der Waals surface area contributed by atoms with E-state index in [4.69, 9.17) is 24.0 Å². The minimum Gasteiger partial charge on any atom is -0.508 e. The van der Waals surface area contributed by atoms with Crippen molar-refractivity contribution in [2.24, 2.45) is 0 Å². The SMILES string of the molecule is CNc1ccc(C(=O)N[C@@H](CCC(=O)NCCOCCOCCOCCNC(=O)Cn2nc3c(c2-c2ccc(O)cc2)C(=O)c2c(NC(=O)NN4CCOCC4)cccc2-3)C(=O)O)cc1. The minimum atomic E-state index is -1.24. The maximum Gasteiger partial charge on any atom is 0.333 e. The van der Waals surface area contributed by atoms with Gasteiger partial charge in [0.05, 0.1) is 75.4 Å². The fourth-order valence-electron chi connectivity index (χ4n) is 7.00. The Morgan fingerprint density at radius 1 is 0.815 bits per heavy atom. The van der Waals surface area contributed by atoms with Crippen LogP contribution < -0.4 is 32.0 Å². The third-order valence-electron chi connectivity index (χ3n) is 10.3. The first kappa shape index (κ1) is 47.6. The number of hydrazine groups is 1. The molecule has 1 aliphatic carbocycles. The molecule has 346 valence electrons. The van der Waals surface area contributed by atoms with Gasteiger partial charge in [-0.3, -0.25) is 29.3 Å². The number of carboxylic acids is 1. The molecule has 0 radical (unpaired) electrons. The van der Waals surface area contributed by atoms with Crippen molar-refractivity contribution >= 4 is 46.9 Å². The van der Waals surface area contributed by atoms with Gasteiger partial charge in [-0.15, -0.1) is 0 Å². The molecule has 1 aliphatic heterocycles. The van der Waals surface area contributed by atoms with E-state index in [1.807, 2.05) is 0 Å². The summed E-state index contributed by atoms with van der Waals surface area (Å²) in [7, 11) is 1.74. The minimum absolute atomic E-state index is 0.0278. The van der Waals surface area contributed by atoms with Crippen molar-refractivity contribution in [1.82, 2.24) is 36.2 Å². The van der Waals surface area contributed by atoms with Crippen LogP contribution in [0.25, 0.3) is 22.5 Å². The number of aliphatic carboxylic acids is 1. The summed E-state index contributed by atoms with van der Waals surface area (Å²) in [4.78, 5) is 76.5. The number of benzene rings is 3. The molecule has 0 spiro atoms. The van der Waals surface area contributed by atoms with Crippen LogP contribution in [-0.2, 0) is 39.9 Å². The second-order valence-electron chi connectivity index (χ2n) is 14.8. The monoisotopic (exact) mass is 899 g/mol. The van der Waals surface area contributed by atoms with Crippen LogP contribution in [0.3, 0.4) is 0 Å². The number of hydrogen-bond acceptors (Lipinski definition) is 14. The second kappa shape index (κ2) is 23.7. The molecule has 0 unspecified atom stereocenters. The number of hydrogen-bond donors (Lipinski definition) is 8. The molecule has 8 N–H and O–H groups in total. The van der Waals surface area contributed by atoms with Crippen LogP contribution in [0.4, 0.5) is 16.2 Å². The number of amides is 5. The summed E-state index contributed by atoms with van der Waals surface area (Å²) in [6, 6.07) is 16.1. The molecule has 1 atom stereocenters. The molecule has 1 saturated heterocycles. The number of anilines is 2. The number of carbonyl (C=O) groups is 6. The number of ketones is 1. The number of urea groups is 1. The molecule has 2 aliphatic rings. The summed E-state index contributed by atoms with van der Waals surface area (Å²) in [5.74, 6) is -2.87. The highest BCUT2D eigenvalue weighted by Gasteiger charge is 2.37. The number of ether oxygens (including phenoxy) is 4. The Balaban J connectivity index is 0.862. The number of morpholine rings is 1. The fraction of sp³-hybridized carbons (Fsp3) is 0.386.